The van der Waals surface area contributed by atoms with E-state index in [0.717, 1.165) is 25.3 Å². The molecular weight excluding hydrogens is 322 g/mol. The zero-order valence-corrected chi connectivity index (χ0v) is 14.3. The fourth-order valence-corrected chi connectivity index (χ4v) is 3.15. The average molecular weight is 347 g/mol. The van der Waals surface area contributed by atoms with E-state index in [1.807, 2.05) is 13.8 Å². The summed E-state index contributed by atoms with van der Waals surface area (Å²) < 4.78 is 27.0. The van der Waals surface area contributed by atoms with Crippen LogP contribution in [0.2, 0.25) is 0 Å². The van der Waals surface area contributed by atoms with Gasteiger partial charge in [-0.15, -0.1) is 12.4 Å². The summed E-state index contributed by atoms with van der Waals surface area (Å²) in [5, 5.41) is 2.88. The summed E-state index contributed by atoms with van der Waals surface area (Å²) in [5.74, 6) is -1.17. The van der Waals surface area contributed by atoms with Gasteiger partial charge in [-0.25, -0.2) is 8.78 Å². The Morgan fingerprint density at radius 1 is 1.35 bits per heavy atom. The molecule has 1 unspecified atom stereocenters. The van der Waals surface area contributed by atoms with E-state index in [4.69, 9.17) is 5.73 Å². The number of hydrogen-bond acceptors (Lipinski definition) is 2. The highest BCUT2D eigenvalue weighted by Gasteiger charge is 2.28. The van der Waals surface area contributed by atoms with E-state index in [-0.39, 0.29) is 36.2 Å². The Bertz CT molecular complexity index is 539. The fraction of sp³-hybridized carbons (Fsp3) is 0.588. The zero-order valence-electron chi connectivity index (χ0n) is 13.5. The van der Waals surface area contributed by atoms with Crippen LogP contribution in [0.5, 0.6) is 0 Å². The van der Waals surface area contributed by atoms with Crippen LogP contribution in [0.3, 0.4) is 0 Å². The van der Waals surface area contributed by atoms with Crippen molar-refractivity contribution in [3.8, 4) is 0 Å². The second-order valence-electron chi connectivity index (χ2n) is 6.51. The smallest absolute Gasteiger partial charge is 0.220 e. The van der Waals surface area contributed by atoms with Gasteiger partial charge in [0.1, 0.15) is 11.6 Å². The first-order valence-corrected chi connectivity index (χ1v) is 7.88. The largest absolute Gasteiger partial charge is 0.349 e. The Balaban J connectivity index is 0.00000264. The van der Waals surface area contributed by atoms with Gasteiger partial charge in [0.05, 0.1) is 6.04 Å². The van der Waals surface area contributed by atoms with Crippen LogP contribution in [-0.2, 0) is 4.79 Å². The predicted octanol–water partition coefficient (Wildman–Crippen LogP) is 3.72. The third-order valence-corrected chi connectivity index (χ3v) is 4.45. The molecule has 1 aliphatic carbocycles. The molecule has 23 heavy (non-hydrogen) atoms. The summed E-state index contributed by atoms with van der Waals surface area (Å²) in [4.78, 5) is 12.2. The van der Waals surface area contributed by atoms with Gasteiger partial charge in [0, 0.05) is 24.1 Å². The van der Waals surface area contributed by atoms with Gasteiger partial charge in [0.25, 0.3) is 0 Å². The van der Waals surface area contributed by atoms with Gasteiger partial charge in [0.2, 0.25) is 5.91 Å². The molecule has 1 fully saturated rings. The molecule has 0 bridgehead atoms. The third kappa shape index (κ3) is 5.15. The number of hydrogen-bond donors (Lipinski definition) is 2. The van der Waals surface area contributed by atoms with Crippen molar-refractivity contribution in [2.24, 2.45) is 17.6 Å². The maximum Gasteiger partial charge on any atom is 0.220 e. The Labute approximate surface area is 142 Å². The normalized spacial score (nSPS) is 21.8. The number of halogens is 3. The molecule has 130 valence electrons. The van der Waals surface area contributed by atoms with E-state index >= 15 is 0 Å². The molecule has 0 radical (unpaired) electrons. The summed E-state index contributed by atoms with van der Waals surface area (Å²) in [7, 11) is 0. The highest BCUT2D eigenvalue weighted by Crippen LogP contribution is 2.28. The molecule has 0 spiro atoms. The maximum absolute atomic E-state index is 14.0. The number of amides is 1. The highest BCUT2D eigenvalue weighted by atomic mass is 35.5. The van der Waals surface area contributed by atoms with Crippen molar-refractivity contribution in [2.45, 2.75) is 51.6 Å². The topological polar surface area (TPSA) is 55.1 Å². The zero-order chi connectivity index (χ0) is 16.3. The van der Waals surface area contributed by atoms with Gasteiger partial charge in [-0.05, 0) is 30.7 Å². The van der Waals surface area contributed by atoms with E-state index in [2.05, 4.69) is 5.32 Å². The molecule has 1 saturated carbocycles. The third-order valence-electron chi connectivity index (χ3n) is 4.45. The molecule has 2 rings (SSSR count). The van der Waals surface area contributed by atoms with Gasteiger partial charge >= 0.3 is 0 Å². The highest BCUT2D eigenvalue weighted by molar-refractivity contribution is 5.85. The Hall–Kier alpha value is -1.20. The summed E-state index contributed by atoms with van der Waals surface area (Å²) in [5.41, 5.74) is 6.31. The standard InChI is InChI=1S/C17H24F2N2O.ClH/c1-10(2)17(13-7-6-12(18)9-14(13)19)21-16(22)8-11-4-3-5-15(11)20;/h6-7,9-11,15,17H,3-5,8,20H2,1-2H3,(H,21,22);1H/t11-,15+,17?;/m0./s1. The van der Waals surface area contributed by atoms with Crippen LogP contribution in [0.15, 0.2) is 18.2 Å². The molecule has 0 saturated heterocycles. The van der Waals surface area contributed by atoms with Crippen molar-refractivity contribution in [1.82, 2.24) is 5.32 Å². The lowest BCUT2D eigenvalue weighted by atomic mass is 9.94. The molecular formula is C17H25ClF2N2O. The Morgan fingerprint density at radius 3 is 2.57 bits per heavy atom. The van der Waals surface area contributed by atoms with Crippen LogP contribution in [0.4, 0.5) is 8.78 Å². The summed E-state index contributed by atoms with van der Waals surface area (Å²) in [6.07, 6.45) is 3.34. The molecule has 0 aromatic heterocycles. The first-order valence-electron chi connectivity index (χ1n) is 7.88. The lowest BCUT2D eigenvalue weighted by Gasteiger charge is -2.25. The summed E-state index contributed by atoms with van der Waals surface area (Å²) in [6, 6.07) is 3.07. The van der Waals surface area contributed by atoms with Crippen LogP contribution < -0.4 is 11.1 Å². The number of nitrogens with one attached hydrogen (secondary N) is 1. The summed E-state index contributed by atoms with van der Waals surface area (Å²) >= 11 is 0. The van der Waals surface area contributed by atoms with Gasteiger partial charge in [-0.1, -0.05) is 26.3 Å². The van der Waals surface area contributed by atoms with Crippen molar-refractivity contribution in [2.75, 3.05) is 0 Å². The molecule has 0 aliphatic heterocycles. The number of nitrogens with two attached hydrogens (primary N) is 1. The van der Waals surface area contributed by atoms with E-state index in [1.165, 1.54) is 12.1 Å². The minimum absolute atomic E-state index is 0. The van der Waals surface area contributed by atoms with Gasteiger partial charge in [-0.3, -0.25) is 4.79 Å². The monoisotopic (exact) mass is 346 g/mol. The van der Waals surface area contributed by atoms with Crippen molar-refractivity contribution in [3.05, 3.63) is 35.4 Å². The van der Waals surface area contributed by atoms with Gasteiger partial charge in [-0.2, -0.15) is 0 Å². The van der Waals surface area contributed by atoms with Crippen LogP contribution in [-0.4, -0.2) is 11.9 Å². The van der Waals surface area contributed by atoms with E-state index in [0.29, 0.717) is 12.0 Å². The van der Waals surface area contributed by atoms with Crippen molar-refractivity contribution in [1.29, 1.82) is 0 Å². The van der Waals surface area contributed by atoms with Crippen molar-refractivity contribution in [3.63, 3.8) is 0 Å². The number of carbonyl (C=O) groups is 1. The molecule has 3 nitrogen and oxygen atoms in total. The van der Waals surface area contributed by atoms with Crippen LogP contribution in [0.1, 0.15) is 51.1 Å². The average Bonchev–Trinajstić information content (AvgIpc) is 2.82. The molecule has 1 aromatic rings. The lowest BCUT2D eigenvalue weighted by molar-refractivity contribution is -0.123. The van der Waals surface area contributed by atoms with Crippen LogP contribution in [0, 0.1) is 23.5 Å². The Kier molecular flexibility index (Phi) is 7.42. The molecule has 1 aliphatic rings. The number of benzene rings is 1. The van der Waals surface area contributed by atoms with Gasteiger partial charge < -0.3 is 11.1 Å². The van der Waals surface area contributed by atoms with Crippen molar-refractivity contribution < 1.29 is 13.6 Å². The van der Waals surface area contributed by atoms with Crippen molar-refractivity contribution >= 4 is 18.3 Å². The van der Waals surface area contributed by atoms with E-state index in [9.17, 15) is 13.6 Å². The second-order valence-corrected chi connectivity index (χ2v) is 6.51. The summed E-state index contributed by atoms with van der Waals surface area (Å²) in [6.45, 7) is 3.80. The van der Waals surface area contributed by atoms with E-state index < -0.39 is 17.7 Å². The maximum atomic E-state index is 14.0. The fourth-order valence-electron chi connectivity index (χ4n) is 3.15. The first kappa shape index (κ1) is 19.8. The predicted molar refractivity (Wildman–Crippen MR) is 89.3 cm³/mol. The van der Waals surface area contributed by atoms with Crippen LogP contribution in [0.25, 0.3) is 0 Å². The Morgan fingerprint density at radius 2 is 2.04 bits per heavy atom. The quantitative estimate of drug-likeness (QED) is 0.853. The van der Waals surface area contributed by atoms with Crippen LogP contribution >= 0.6 is 12.4 Å². The molecule has 6 heteroatoms. The SMILES string of the molecule is CC(C)C(NC(=O)C[C@@H]1CCC[C@H]1N)c1ccc(F)cc1F.Cl. The van der Waals surface area contributed by atoms with E-state index in [1.54, 1.807) is 0 Å². The lowest BCUT2D eigenvalue weighted by Crippen LogP contribution is -2.35. The second kappa shape index (κ2) is 8.60. The molecule has 1 aromatic carbocycles. The molecule has 0 heterocycles. The first-order chi connectivity index (χ1) is 10.4. The van der Waals surface area contributed by atoms with Gasteiger partial charge in [0.15, 0.2) is 0 Å². The molecule has 3 N–H and O–H groups in total. The molecule has 3 atom stereocenters. The minimum Gasteiger partial charge on any atom is -0.349 e. The minimum atomic E-state index is -0.628. The number of carbonyl (C=O) groups excluding carboxylic acids is 1. The number of rotatable bonds is 5. The molecule has 1 amide bonds.